The fourth-order valence-electron chi connectivity index (χ4n) is 2.73. The second-order valence-electron chi connectivity index (χ2n) is 5.24. The van der Waals surface area contributed by atoms with Crippen LogP contribution >= 0.6 is 0 Å². The summed E-state index contributed by atoms with van der Waals surface area (Å²) in [6.07, 6.45) is 2.51. The van der Waals surface area contributed by atoms with Crippen molar-refractivity contribution >= 4 is 12.1 Å². The van der Waals surface area contributed by atoms with E-state index in [2.05, 4.69) is 0 Å². The Morgan fingerprint density at radius 1 is 1.14 bits per heavy atom. The zero-order chi connectivity index (χ0) is 15.2. The summed E-state index contributed by atoms with van der Waals surface area (Å²) in [7, 11) is 0. The van der Waals surface area contributed by atoms with E-state index in [0.717, 1.165) is 31.2 Å². The van der Waals surface area contributed by atoms with Crippen LogP contribution in [0.25, 0.3) is 0 Å². The van der Waals surface area contributed by atoms with Crippen LogP contribution in [0.5, 0.6) is 5.75 Å². The molecular weight excluding hydrogens is 272 g/mol. The van der Waals surface area contributed by atoms with Crippen LogP contribution in [-0.4, -0.2) is 23.8 Å². The van der Waals surface area contributed by atoms with Gasteiger partial charge < -0.3 is 14.6 Å². The minimum absolute atomic E-state index is 0.201. The summed E-state index contributed by atoms with van der Waals surface area (Å²) in [5.41, 5.74) is 1.16. The van der Waals surface area contributed by atoms with Gasteiger partial charge in [0.2, 0.25) is 0 Å². The van der Waals surface area contributed by atoms with Crippen LogP contribution < -0.4 is 4.74 Å². The quantitative estimate of drug-likeness (QED) is 0.678. The summed E-state index contributed by atoms with van der Waals surface area (Å²) >= 11 is 0. The van der Waals surface area contributed by atoms with Gasteiger partial charge in [0.05, 0.1) is 12.5 Å². The van der Waals surface area contributed by atoms with Crippen LogP contribution in [0, 0.1) is 5.92 Å². The average Bonchev–Trinajstić information content (AvgIpc) is 2.48. The van der Waals surface area contributed by atoms with E-state index in [1.54, 1.807) is 19.1 Å². The van der Waals surface area contributed by atoms with E-state index in [1.165, 1.54) is 0 Å². The molecule has 1 saturated carbocycles. The summed E-state index contributed by atoms with van der Waals surface area (Å²) < 4.78 is 9.72. The SMILES string of the molecule is CCOC(=O)Oc1ccc(C2CCC(C(=O)O)CC2)cc1. The molecule has 0 radical (unpaired) electrons. The largest absolute Gasteiger partial charge is 0.513 e. The highest BCUT2D eigenvalue weighted by atomic mass is 16.7. The van der Waals surface area contributed by atoms with Gasteiger partial charge in [-0.2, -0.15) is 0 Å². The molecule has 2 rings (SSSR count). The summed E-state index contributed by atoms with van der Waals surface area (Å²) in [5, 5.41) is 9.00. The summed E-state index contributed by atoms with van der Waals surface area (Å²) in [6.45, 7) is 2.00. The summed E-state index contributed by atoms with van der Waals surface area (Å²) in [6, 6.07) is 7.35. The Morgan fingerprint density at radius 2 is 1.76 bits per heavy atom. The van der Waals surface area contributed by atoms with Gasteiger partial charge in [-0.3, -0.25) is 4.79 Å². The first-order chi connectivity index (χ1) is 10.1. The van der Waals surface area contributed by atoms with Crippen LogP contribution in [0.4, 0.5) is 4.79 Å². The number of aliphatic carboxylic acids is 1. The number of hydrogen-bond donors (Lipinski definition) is 1. The fraction of sp³-hybridized carbons (Fsp3) is 0.500. The van der Waals surface area contributed by atoms with Gasteiger partial charge in [0.1, 0.15) is 5.75 Å². The summed E-state index contributed by atoms with van der Waals surface area (Å²) in [5.74, 6) is -0.0482. The second kappa shape index (κ2) is 7.11. The van der Waals surface area contributed by atoms with E-state index in [4.69, 9.17) is 14.6 Å². The third-order valence-electron chi connectivity index (χ3n) is 3.89. The van der Waals surface area contributed by atoms with Crippen molar-refractivity contribution in [2.45, 2.75) is 38.5 Å². The maximum absolute atomic E-state index is 11.2. The molecule has 0 aliphatic heterocycles. The van der Waals surface area contributed by atoms with Crippen LogP contribution in [0.2, 0.25) is 0 Å². The minimum Gasteiger partial charge on any atom is -0.481 e. The number of rotatable bonds is 4. The van der Waals surface area contributed by atoms with Crippen molar-refractivity contribution in [1.29, 1.82) is 0 Å². The number of carbonyl (C=O) groups is 2. The van der Waals surface area contributed by atoms with E-state index >= 15 is 0 Å². The number of ether oxygens (including phenoxy) is 2. The third kappa shape index (κ3) is 4.21. The van der Waals surface area contributed by atoms with Crippen molar-refractivity contribution in [2.75, 3.05) is 6.61 Å². The molecule has 1 N–H and O–H groups in total. The Morgan fingerprint density at radius 3 is 2.29 bits per heavy atom. The average molecular weight is 292 g/mol. The maximum Gasteiger partial charge on any atom is 0.513 e. The molecule has 0 unspecified atom stereocenters. The smallest absolute Gasteiger partial charge is 0.481 e. The predicted molar refractivity (Wildman–Crippen MR) is 76.4 cm³/mol. The van der Waals surface area contributed by atoms with Crippen molar-refractivity contribution in [3.8, 4) is 5.75 Å². The zero-order valence-corrected chi connectivity index (χ0v) is 12.1. The van der Waals surface area contributed by atoms with Crippen molar-refractivity contribution < 1.29 is 24.2 Å². The molecule has 5 heteroatoms. The molecule has 1 aromatic rings. The molecule has 21 heavy (non-hydrogen) atoms. The lowest BCUT2D eigenvalue weighted by Gasteiger charge is -2.26. The van der Waals surface area contributed by atoms with Crippen molar-refractivity contribution in [3.63, 3.8) is 0 Å². The zero-order valence-electron chi connectivity index (χ0n) is 12.1. The number of carboxylic acid groups (broad SMARTS) is 1. The van der Waals surface area contributed by atoms with Crippen molar-refractivity contribution in [1.82, 2.24) is 0 Å². The van der Waals surface area contributed by atoms with E-state index in [0.29, 0.717) is 11.7 Å². The molecule has 1 aliphatic rings. The van der Waals surface area contributed by atoms with Crippen molar-refractivity contribution in [3.05, 3.63) is 29.8 Å². The van der Waals surface area contributed by atoms with Gasteiger partial charge in [-0.1, -0.05) is 12.1 Å². The van der Waals surface area contributed by atoms with Crippen LogP contribution in [0.15, 0.2) is 24.3 Å². The molecule has 0 aromatic heterocycles. The van der Waals surface area contributed by atoms with Crippen LogP contribution in [0.1, 0.15) is 44.1 Å². The van der Waals surface area contributed by atoms with E-state index in [-0.39, 0.29) is 12.5 Å². The van der Waals surface area contributed by atoms with Gasteiger partial charge in [-0.15, -0.1) is 0 Å². The Kier molecular flexibility index (Phi) is 5.20. The standard InChI is InChI=1S/C16H20O5/c1-2-20-16(19)21-14-9-7-12(8-10-14)11-3-5-13(6-4-11)15(17)18/h7-11,13H,2-6H2,1H3,(H,17,18). The molecule has 0 amide bonds. The third-order valence-corrected chi connectivity index (χ3v) is 3.89. The molecule has 1 fully saturated rings. The minimum atomic E-state index is -0.702. The van der Waals surface area contributed by atoms with Gasteiger partial charge >= 0.3 is 12.1 Å². The molecule has 114 valence electrons. The Labute approximate surface area is 123 Å². The van der Waals surface area contributed by atoms with Crippen molar-refractivity contribution in [2.24, 2.45) is 5.92 Å². The molecular formula is C16H20O5. The number of benzene rings is 1. The highest BCUT2D eigenvalue weighted by molar-refractivity contribution is 5.70. The highest BCUT2D eigenvalue weighted by Gasteiger charge is 2.26. The molecule has 1 aliphatic carbocycles. The first-order valence-corrected chi connectivity index (χ1v) is 7.27. The lowest BCUT2D eigenvalue weighted by molar-refractivity contribution is -0.142. The van der Waals surface area contributed by atoms with Gasteiger partial charge in [-0.05, 0) is 56.2 Å². The van der Waals surface area contributed by atoms with E-state index in [9.17, 15) is 9.59 Å². The van der Waals surface area contributed by atoms with Gasteiger partial charge in [0, 0.05) is 0 Å². The lowest BCUT2D eigenvalue weighted by atomic mass is 9.79. The number of carbonyl (C=O) groups excluding carboxylic acids is 1. The molecule has 0 spiro atoms. The Hall–Kier alpha value is -2.04. The first kappa shape index (κ1) is 15.4. The molecule has 0 heterocycles. The number of hydrogen-bond acceptors (Lipinski definition) is 4. The second-order valence-corrected chi connectivity index (χ2v) is 5.24. The number of carboxylic acids is 1. The lowest BCUT2D eigenvalue weighted by Crippen LogP contribution is -2.20. The monoisotopic (exact) mass is 292 g/mol. The Bertz CT molecular complexity index is 486. The van der Waals surface area contributed by atoms with E-state index in [1.807, 2.05) is 12.1 Å². The maximum atomic E-state index is 11.2. The van der Waals surface area contributed by atoms with Crippen LogP contribution in [-0.2, 0) is 9.53 Å². The van der Waals surface area contributed by atoms with Gasteiger partial charge in [-0.25, -0.2) is 4.79 Å². The van der Waals surface area contributed by atoms with E-state index < -0.39 is 12.1 Å². The first-order valence-electron chi connectivity index (χ1n) is 7.27. The fourth-order valence-corrected chi connectivity index (χ4v) is 2.73. The Balaban J connectivity index is 1.91. The molecule has 0 saturated heterocycles. The van der Waals surface area contributed by atoms with Gasteiger partial charge in [0.15, 0.2) is 0 Å². The summed E-state index contributed by atoms with van der Waals surface area (Å²) in [4.78, 5) is 22.1. The topological polar surface area (TPSA) is 72.8 Å². The highest BCUT2D eigenvalue weighted by Crippen LogP contribution is 2.36. The molecule has 5 nitrogen and oxygen atoms in total. The molecule has 0 bridgehead atoms. The predicted octanol–water partition coefficient (Wildman–Crippen LogP) is 3.58. The molecule has 0 atom stereocenters. The van der Waals surface area contributed by atoms with Gasteiger partial charge in [0.25, 0.3) is 0 Å². The normalized spacial score (nSPS) is 21.6. The van der Waals surface area contributed by atoms with Crippen LogP contribution in [0.3, 0.4) is 0 Å². The molecule has 1 aromatic carbocycles.